The molecule has 0 saturated carbocycles. The van der Waals surface area contributed by atoms with Crippen LogP contribution in [-0.4, -0.2) is 29.4 Å². The molecule has 3 rings (SSSR count). The molecule has 0 aliphatic heterocycles. The molecule has 0 bridgehead atoms. The molecule has 130 valence electrons. The fourth-order valence-corrected chi connectivity index (χ4v) is 3.01. The highest BCUT2D eigenvalue weighted by molar-refractivity contribution is 6.02. The smallest absolute Gasteiger partial charge is 0.198 e. The number of aromatic nitrogens is 1. The number of rotatable bonds is 5. The molecule has 0 spiro atoms. The number of benzene rings is 2. The summed E-state index contributed by atoms with van der Waals surface area (Å²) in [6.45, 7) is 8.17. The van der Waals surface area contributed by atoms with Gasteiger partial charge in [-0.1, -0.05) is 0 Å². The van der Waals surface area contributed by atoms with E-state index in [9.17, 15) is 9.50 Å². The van der Waals surface area contributed by atoms with Gasteiger partial charge in [0.15, 0.2) is 5.88 Å². The topological polar surface area (TPSA) is 51.6 Å². The third-order valence-electron chi connectivity index (χ3n) is 4.42. The molecule has 2 aromatic carbocycles. The summed E-state index contributed by atoms with van der Waals surface area (Å²) >= 11 is 0. The van der Waals surface area contributed by atoms with Gasteiger partial charge in [-0.05, 0) is 62.7 Å². The average molecular weight is 339 g/mol. The molecule has 1 heterocycles. The van der Waals surface area contributed by atoms with Gasteiger partial charge < -0.3 is 15.0 Å². The van der Waals surface area contributed by atoms with Crippen molar-refractivity contribution in [2.75, 3.05) is 18.0 Å². The molecule has 2 N–H and O–H groups in total. The van der Waals surface area contributed by atoms with Crippen LogP contribution in [0.15, 0.2) is 41.4 Å². The van der Waals surface area contributed by atoms with E-state index in [1.54, 1.807) is 12.3 Å². The van der Waals surface area contributed by atoms with E-state index in [1.807, 2.05) is 19.1 Å². The van der Waals surface area contributed by atoms with E-state index >= 15 is 0 Å². The Labute approximate surface area is 146 Å². The fraction of sp³-hybridized carbons (Fsp3) is 0.250. The molecule has 5 heteroatoms. The number of H-pyrrole nitrogens is 1. The van der Waals surface area contributed by atoms with E-state index in [2.05, 4.69) is 34.8 Å². The number of hydrogen-bond acceptors (Lipinski definition) is 3. The normalized spacial score (nSPS) is 11.5. The third kappa shape index (κ3) is 3.36. The van der Waals surface area contributed by atoms with Gasteiger partial charge in [0.05, 0.1) is 11.3 Å². The van der Waals surface area contributed by atoms with E-state index in [1.165, 1.54) is 17.8 Å². The minimum atomic E-state index is -0.346. The van der Waals surface area contributed by atoms with Crippen LogP contribution in [0.2, 0.25) is 0 Å². The van der Waals surface area contributed by atoms with Crippen LogP contribution in [-0.2, 0) is 0 Å². The van der Waals surface area contributed by atoms with Crippen LogP contribution >= 0.6 is 0 Å². The monoisotopic (exact) mass is 339 g/mol. The molecule has 0 saturated heterocycles. The summed E-state index contributed by atoms with van der Waals surface area (Å²) in [5, 5.41) is 10.7. The lowest BCUT2D eigenvalue weighted by Gasteiger charge is -2.21. The van der Waals surface area contributed by atoms with Gasteiger partial charge in [0.25, 0.3) is 0 Å². The van der Waals surface area contributed by atoms with Crippen molar-refractivity contribution >= 4 is 28.5 Å². The van der Waals surface area contributed by atoms with E-state index < -0.39 is 0 Å². The van der Waals surface area contributed by atoms with Crippen LogP contribution in [0.4, 0.5) is 15.8 Å². The second-order valence-electron chi connectivity index (χ2n) is 5.98. The Balaban J connectivity index is 1.95. The molecular weight excluding hydrogens is 317 g/mol. The molecule has 0 radical (unpaired) electrons. The van der Waals surface area contributed by atoms with Gasteiger partial charge in [-0.3, -0.25) is 4.99 Å². The summed E-state index contributed by atoms with van der Waals surface area (Å²) < 4.78 is 13.5. The standard InChI is InChI=1S/C20H22FN3O/c1-4-24(5-2)15-7-9-18(13(3)10-15)22-12-17-16-11-14(21)6-8-19(16)23-20(17)25/h6-12,23,25H,4-5H2,1-3H3. The largest absolute Gasteiger partial charge is 0.494 e. The van der Waals surface area contributed by atoms with Crippen LogP contribution in [0.25, 0.3) is 10.9 Å². The molecule has 4 nitrogen and oxygen atoms in total. The maximum absolute atomic E-state index is 13.5. The Bertz CT molecular complexity index is 926. The first-order valence-electron chi connectivity index (χ1n) is 8.43. The van der Waals surface area contributed by atoms with Crippen LogP contribution in [0, 0.1) is 12.7 Å². The Hall–Kier alpha value is -2.82. The zero-order valence-electron chi connectivity index (χ0n) is 14.7. The minimum Gasteiger partial charge on any atom is -0.494 e. The molecule has 0 aliphatic rings. The number of halogens is 1. The number of hydrogen-bond donors (Lipinski definition) is 2. The van der Waals surface area contributed by atoms with Gasteiger partial charge >= 0.3 is 0 Å². The molecule has 3 aromatic rings. The molecule has 1 aromatic heterocycles. The van der Waals surface area contributed by atoms with Crippen molar-refractivity contribution in [2.24, 2.45) is 4.99 Å². The van der Waals surface area contributed by atoms with Crippen LogP contribution in [0.1, 0.15) is 25.0 Å². The van der Waals surface area contributed by atoms with Gasteiger partial charge in [-0.25, -0.2) is 4.39 Å². The number of aliphatic imine (C=N–C) groups is 1. The highest BCUT2D eigenvalue weighted by atomic mass is 19.1. The zero-order chi connectivity index (χ0) is 18.0. The van der Waals surface area contributed by atoms with Crippen LogP contribution < -0.4 is 4.90 Å². The van der Waals surface area contributed by atoms with Crippen molar-refractivity contribution in [1.82, 2.24) is 4.98 Å². The number of aryl methyl sites for hydroxylation is 1. The van der Waals surface area contributed by atoms with Crippen molar-refractivity contribution < 1.29 is 9.50 Å². The fourth-order valence-electron chi connectivity index (χ4n) is 3.01. The van der Waals surface area contributed by atoms with Crippen molar-refractivity contribution in [3.8, 4) is 5.88 Å². The van der Waals surface area contributed by atoms with Crippen LogP contribution in [0.5, 0.6) is 5.88 Å². The third-order valence-corrected chi connectivity index (χ3v) is 4.42. The van der Waals surface area contributed by atoms with Gasteiger partial charge in [0, 0.05) is 35.9 Å². The Morgan fingerprint density at radius 3 is 2.60 bits per heavy atom. The first kappa shape index (κ1) is 17.0. The lowest BCUT2D eigenvalue weighted by Crippen LogP contribution is -2.21. The summed E-state index contributed by atoms with van der Waals surface area (Å²) in [6, 6.07) is 10.5. The highest BCUT2D eigenvalue weighted by Gasteiger charge is 2.10. The molecular formula is C20H22FN3O. The molecule has 0 amide bonds. The van der Waals surface area contributed by atoms with E-state index in [4.69, 9.17) is 0 Å². The van der Waals surface area contributed by atoms with Crippen molar-refractivity contribution in [2.45, 2.75) is 20.8 Å². The number of anilines is 1. The molecule has 25 heavy (non-hydrogen) atoms. The van der Waals surface area contributed by atoms with Crippen molar-refractivity contribution in [1.29, 1.82) is 0 Å². The Morgan fingerprint density at radius 1 is 1.16 bits per heavy atom. The summed E-state index contributed by atoms with van der Waals surface area (Å²) in [5.41, 5.74) is 4.20. The SMILES string of the molecule is CCN(CC)c1ccc(N=Cc2c(O)[nH]c3ccc(F)cc23)c(C)c1. The number of aromatic amines is 1. The second-order valence-corrected chi connectivity index (χ2v) is 5.98. The summed E-state index contributed by atoms with van der Waals surface area (Å²) in [4.78, 5) is 9.60. The van der Waals surface area contributed by atoms with Gasteiger partial charge in [0.2, 0.25) is 0 Å². The first-order valence-corrected chi connectivity index (χ1v) is 8.43. The van der Waals surface area contributed by atoms with Crippen molar-refractivity contribution in [3.63, 3.8) is 0 Å². The van der Waals surface area contributed by atoms with E-state index in [0.717, 1.165) is 24.3 Å². The number of nitrogens with one attached hydrogen (secondary N) is 1. The number of nitrogens with zero attached hydrogens (tertiary/aromatic N) is 2. The predicted octanol–water partition coefficient (Wildman–Crippen LogP) is 4.92. The minimum absolute atomic E-state index is 0.0123. The first-order chi connectivity index (χ1) is 12.0. The summed E-state index contributed by atoms with van der Waals surface area (Å²) in [5.74, 6) is -0.359. The van der Waals surface area contributed by atoms with Crippen LogP contribution in [0.3, 0.4) is 0 Å². The Kier molecular flexibility index (Phi) is 4.74. The second kappa shape index (κ2) is 6.97. The summed E-state index contributed by atoms with van der Waals surface area (Å²) in [7, 11) is 0. The quantitative estimate of drug-likeness (QED) is 0.648. The van der Waals surface area contributed by atoms with Crippen molar-refractivity contribution in [3.05, 3.63) is 53.3 Å². The van der Waals surface area contributed by atoms with E-state index in [0.29, 0.717) is 16.5 Å². The number of fused-ring (bicyclic) bond motifs is 1. The van der Waals surface area contributed by atoms with E-state index in [-0.39, 0.29) is 11.7 Å². The number of aromatic hydroxyl groups is 1. The molecule has 0 aliphatic carbocycles. The Morgan fingerprint density at radius 2 is 1.92 bits per heavy atom. The van der Waals surface area contributed by atoms with Gasteiger partial charge in [-0.15, -0.1) is 0 Å². The average Bonchev–Trinajstić information content (AvgIpc) is 2.90. The highest BCUT2D eigenvalue weighted by Crippen LogP contribution is 2.28. The predicted molar refractivity (Wildman–Crippen MR) is 102 cm³/mol. The summed E-state index contributed by atoms with van der Waals surface area (Å²) in [6.07, 6.45) is 1.58. The lowest BCUT2D eigenvalue weighted by molar-refractivity contribution is 0.457. The molecule has 0 unspecified atom stereocenters. The maximum atomic E-state index is 13.5. The maximum Gasteiger partial charge on any atom is 0.198 e. The molecule has 0 atom stereocenters. The zero-order valence-corrected chi connectivity index (χ0v) is 14.7. The molecule has 0 fully saturated rings. The van der Waals surface area contributed by atoms with Gasteiger partial charge in [-0.2, -0.15) is 0 Å². The van der Waals surface area contributed by atoms with Gasteiger partial charge in [0.1, 0.15) is 5.82 Å². The lowest BCUT2D eigenvalue weighted by atomic mass is 10.1.